The Balaban J connectivity index is 1.42. The van der Waals surface area contributed by atoms with E-state index in [1.165, 1.54) is 0 Å². The second-order valence-corrected chi connectivity index (χ2v) is 7.82. The van der Waals surface area contributed by atoms with Crippen LogP contribution >= 0.6 is 23.2 Å². The van der Waals surface area contributed by atoms with E-state index in [4.69, 9.17) is 27.9 Å². The second kappa shape index (κ2) is 8.87. The van der Waals surface area contributed by atoms with Crippen LogP contribution in [0, 0.1) is 0 Å². The van der Waals surface area contributed by atoms with E-state index in [0.29, 0.717) is 23.1 Å². The summed E-state index contributed by atoms with van der Waals surface area (Å²) in [6.45, 7) is 1.08. The van der Waals surface area contributed by atoms with E-state index < -0.39 is 0 Å². The number of urea groups is 1. The molecule has 148 valence electrons. The molecule has 29 heavy (non-hydrogen) atoms. The number of carbonyl (C=O) groups is 1. The highest BCUT2D eigenvalue weighted by Gasteiger charge is 2.34. The SMILES string of the molecule is O=C(Nc1ccccc1)N1CC(OC(c2ccc(Cl)cc2)c2ccc(Cl)cc2)C1. The van der Waals surface area contributed by atoms with E-state index in [1.807, 2.05) is 78.9 Å². The molecule has 0 bridgehead atoms. The second-order valence-electron chi connectivity index (χ2n) is 6.94. The number of benzene rings is 3. The Morgan fingerprint density at radius 1 is 0.862 bits per heavy atom. The van der Waals surface area contributed by atoms with Gasteiger partial charge >= 0.3 is 6.03 Å². The van der Waals surface area contributed by atoms with Crippen molar-refractivity contribution in [3.63, 3.8) is 0 Å². The lowest BCUT2D eigenvalue weighted by atomic mass is 10.0. The van der Waals surface area contributed by atoms with Crippen molar-refractivity contribution >= 4 is 34.9 Å². The van der Waals surface area contributed by atoms with Gasteiger partial charge in [-0.15, -0.1) is 0 Å². The highest BCUT2D eigenvalue weighted by atomic mass is 35.5. The zero-order chi connectivity index (χ0) is 20.2. The summed E-state index contributed by atoms with van der Waals surface area (Å²) in [6, 6.07) is 24.5. The van der Waals surface area contributed by atoms with Crippen molar-refractivity contribution in [1.29, 1.82) is 0 Å². The minimum absolute atomic E-state index is 0.0483. The summed E-state index contributed by atoms with van der Waals surface area (Å²) >= 11 is 12.1. The molecule has 1 aliphatic rings. The van der Waals surface area contributed by atoms with E-state index in [-0.39, 0.29) is 18.2 Å². The van der Waals surface area contributed by atoms with Gasteiger partial charge in [-0.25, -0.2) is 4.79 Å². The molecule has 0 saturated carbocycles. The number of halogens is 2. The third kappa shape index (κ3) is 4.91. The Kier molecular flexibility index (Phi) is 6.05. The van der Waals surface area contributed by atoms with E-state index in [0.717, 1.165) is 16.8 Å². The first-order valence-electron chi connectivity index (χ1n) is 9.36. The van der Waals surface area contributed by atoms with Gasteiger partial charge in [0.1, 0.15) is 6.10 Å². The number of amides is 2. The van der Waals surface area contributed by atoms with Gasteiger partial charge in [0.25, 0.3) is 0 Å². The van der Waals surface area contributed by atoms with Gasteiger partial charge in [-0.1, -0.05) is 65.7 Å². The molecule has 1 aliphatic heterocycles. The van der Waals surface area contributed by atoms with Gasteiger partial charge in [0.05, 0.1) is 19.2 Å². The van der Waals surface area contributed by atoms with Gasteiger partial charge in [-0.3, -0.25) is 0 Å². The van der Waals surface area contributed by atoms with E-state index in [9.17, 15) is 4.79 Å². The van der Waals surface area contributed by atoms with E-state index >= 15 is 0 Å². The van der Waals surface area contributed by atoms with Gasteiger partial charge < -0.3 is 15.0 Å². The number of carbonyl (C=O) groups excluding carboxylic acids is 1. The lowest BCUT2D eigenvalue weighted by molar-refractivity contribution is -0.0628. The van der Waals surface area contributed by atoms with E-state index in [1.54, 1.807) is 4.90 Å². The van der Waals surface area contributed by atoms with Crippen LogP contribution in [0.25, 0.3) is 0 Å². The van der Waals surface area contributed by atoms with Crippen LogP contribution in [0.4, 0.5) is 10.5 Å². The van der Waals surface area contributed by atoms with Gasteiger partial charge in [0.15, 0.2) is 0 Å². The molecular weight excluding hydrogens is 407 g/mol. The molecule has 3 aromatic carbocycles. The van der Waals surface area contributed by atoms with Crippen LogP contribution in [0.1, 0.15) is 17.2 Å². The monoisotopic (exact) mass is 426 g/mol. The standard InChI is InChI=1S/C23H20Cl2N2O2/c24-18-10-6-16(7-11-18)22(17-8-12-19(25)13-9-17)29-21-14-27(15-21)23(28)26-20-4-2-1-3-5-20/h1-13,21-22H,14-15H2,(H,26,28). The fraction of sp³-hybridized carbons (Fsp3) is 0.174. The molecule has 1 heterocycles. The highest BCUT2D eigenvalue weighted by molar-refractivity contribution is 6.30. The molecule has 0 unspecified atom stereocenters. The summed E-state index contributed by atoms with van der Waals surface area (Å²) in [7, 11) is 0. The fourth-order valence-corrected chi connectivity index (χ4v) is 3.48. The number of hydrogen-bond acceptors (Lipinski definition) is 2. The molecule has 6 heteroatoms. The number of likely N-dealkylation sites (tertiary alicyclic amines) is 1. The Hall–Kier alpha value is -2.53. The number of nitrogens with one attached hydrogen (secondary N) is 1. The Morgan fingerprint density at radius 3 is 1.90 bits per heavy atom. The molecule has 0 spiro atoms. The quantitative estimate of drug-likeness (QED) is 0.541. The number of anilines is 1. The maximum atomic E-state index is 12.4. The molecule has 4 nitrogen and oxygen atoms in total. The average Bonchev–Trinajstić information content (AvgIpc) is 2.70. The van der Waals surface area contributed by atoms with Gasteiger partial charge in [-0.05, 0) is 47.5 Å². The molecule has 0 radical (unpaired) electrons. The number of hydrogen-bond donors (Lipinski definition) is 1. The third-order valence-corrected chi connectivity index (χ3v) is 5.34. The molecule has 4 rings (SSSR count). The molecule has 0 atom stereocenters. The van der Waals surface area contributed by atoms with Crippen LogP contribution in [-0.4, -0.2) is 30.1 Å². The maximum absolute atomic E-state index is 12.4. The van der Waals surface area contributed by atoms with Gasteiger partial charge in [0, 0.05) is 15.7 Å². The first kappa shape index (κ1) is 19.8. The van der Waals surface area contributed by atoms with Crippen molar-refractivity contribution in [2.24, 2.45) is 0 Å². The Labute approximate surface area is 180 Å². The maximum Gasteiger partial charge on any atom is 0.322 e. The third-order valence-electron chi connectivity index (χ3n) is 4.83. The predicted molar refractivity (Wildman–Crippen MR) is 117 cm³/mol. The Morgan fingerprint density at radius 2 is 1.38 bits per heavy atom. The van der Waals surface area contributed by atoms with Crippen molar-refractivity contribution in [1.82, 2.24) is 4.90 Å². The average molecular weight is 427 g/mol. The summed E-state index contributed by atoms with van der Waals surface area (Å²) in [4.78, 5) is 14.1. The molecule has 2 amide bonds. The largest absolute Gasteiger partial charge is 0.362 e. The van der Waals surface area contributed by atoms with Gasteiger partial charge in [-0.2, -0.15) is 0 Å². The molecule has 1 saturated heterocycles. The molecule has 1 N–H and O–H groups in total. The summed E-state index contributed by atoms with van der Waals surface area (Å²) < 4.78 is 6.36. The normalized spacial score (nSPS) is 14.0. The molecule has 0 aliphatic carbocycles. The topological polar surface area (TPSA) is 41.6 Å². The summed E-state index contributed by atoms with van der Waals surface area (Å²) in [5.41, 5.74) is 2.79. The van der Waals surface area contributed by atoms with Crippen LogP contribution in [0.2, 0.25) is 10.0 Å². The summed E-state index contributed by atoms with van der Waals surface area (Å²) in [5, 5.41) is 4.25. The van der Waals surface area contributed by atoms with Crippen LogP contribution in [0.15, 0.2) is 78.9 Å². The number of rotatable bonds is 5. The van der Waals surface area contributed by atoms with Crippen molar-refractivity contribution in [3.05, 3.63) is 100 Å². The lowest BCUT2D eigenvalue weighted by Gasteiger charge is -2.40. The van der Waals surface area contributed by atoms with Crippen molar-refractivity contribution in [2.45, 2.75) is 12.2 Å². The molecular formula is C23H20Cl2N2O2. The smallest absolute Gasteiger partial charge is 0.322 e. The highest BCUT2D eigenvalue weighted by Crippen LogP contribution is 2.31. The minimum atomic E-state index is -0.256. The van der Waals surface area contributed by atoms with Crippen molar-refractivity contribution in [2.75, 3.05) is 18.4 Å². The van der Waals surface area contributed by atoms with Crippen molar-refractivity contribution < 1.29 is 9.53 Å². The van der Waals surface area contributed by atoms with Crippen LogP contribution in [0.5, 0.6) is 0 Å². The Bertz CT molecular complexity index is 911. The minimum Gasteiger partial charge on any atom is -0.362 e. The van der Waals surface area contributed by atoms with Crippen LogP contribution < -0.4 is 5.32 Å². The van der Waals surface area contributed by atoms with Gasteiger partial charge in [0.2, 0.25) is 0 Å². The number of para-hydroxylation sites is 1. The lowest BCUT2D eigenvalue weighted by Crippen LogP contribution is -2.56. The first-order chi connectivity index (χ1) is 14.1. The van der Waals surface area contributed by atoms with Crippen LogP contribution in [0.3, 0.4) is 0 Å². The molecule has 0 aromatic heterocycles. The predicted octanol–water partition coefficient (Wildman–Crippen LogP) is 6.02. The molecule has 3 aromatic rings. The molecule has 1 fully saturated rings. The summed E-state index contributed by atoms with van der Waals surface area (Å²) in [5.74, 6) is 0. The van der Waals surface area contributed by atoms with Crippen molar-refractivity contribution in [3.8, 4) is 0 Å². The first-order valence-corrected chi connectivity index (χ1v) is 10.1. The summed E-state index contributed by atoms with van der Waals surface area (Å²) in [6.07, 6.45) is -0.304. The fourth-order valence-electron chi connectivity index (χ4n) is 3.23. The number of nitrogens with zero attached hydrogens (tertiary/aromatic N) is 1. The zero-order valence-corrected chi connectivity index (χ0v) is 17.1. The number of ether oxygens (including phenoxy) is 1. The van der Waals surface area contributed by atoms with E-state index in [2.05, 4.69) is 5.32 Å². The van der Waals surface area contributed by atoms with Crippen LogP contribution in [-0.2, 0) is 4.74 Å². The zero-order valence-electron chi connectivity index (χ0n) is 15.6.